The Morgan fingerprint density at radius 2 is 1.68 bits per heavy atom. The van der Waals surface area contributed by atoms with Gasteiger partial charge in [0.1, 0.15) is 11.3 Å². The van der Waals surface area contributed by atoms with Crippen LogP contribution < -0.4 is 20.7 Å². The number of urea groups is 1. The Hall–Kier alpha value is -3.91. The second-order valence-corrected chi connectivity index (χ2v) is 7.79. The molecule has 0 radical (unpaired) electrons. The summed E-state index contributed by atoms with van der Waals surface area (Å²) in [5.74, 6) is 0.259. The Balaban J connectivity index is 1.55. The number of nitrogens with one attached hydrogen (secondary N) is 3. The van der Waals surface area contributed by atoms with Crippen molar-refractivity contribution < 1.29 is 14.3 Å². The minimum absolute atomic E-state index is 0.241. The van der Waals surface area contributed by atoms with Gasteiger partial charge in [-0.3, -0.25) is 10.1 Å². The molecule has 0 bridgehead atoms. The van der Waals surface area contributed by atoms with Crippen molar-refractivity contribution in [1.82, 2.24) is 4.98 Å². The van der Waals surface area contributed by atoms with Crippen LogP contribution in [0.2, 0.25) is 0 Å². The molecule has 0 aliphatic heterocycles. The number of anilines is 3. The highest BCUT2D eigenvalue weighted by Gasteiger charge is 2.15. The van der Waals surface area contributed by atoms with Gasteiger partial charge in [-0.2, -0.15) is 0 Å². The first-order valence-corrected chi connectivity index (χ1v) is 10.3. The van der Waals surface area contributed by atoms with E-state index in [1.54, 1.807) is 36.4 Å². The lowest BCUT2D eigenvalue weighted by atomic mass is 10.2. The van der Waals surface area contributed by atoms with E-state index in [4.69, 9.17) is 4.74 Å². The third-order valence-electron chi connectivity index (χ3n) is 4.59. The zero-order valence-corrected chi connectivity index (χ0v) is 17.7. The van der Waals surface area contributed by atoms with Crippen molar-refractivity contribution in [2.24, 2.45) is 0 Å². The van der Waals surface area contributed by atoms with E-state index in [0.717, 1.165) is 16.0 Å². The number of aromatic nitrogens is 1. The van der Waals surface area contributed by atoms with Gasteiger partial charge >= 0.3 is 6.03 Å². The van der Waals surface area contributed by atoms with Crippen molar-refractivity contribution in [2.45, 2.75) is 6.92 Å². The molecule has 1 heterocycles. The SMILES string of the molecule is COc1cc(NC(=O)Nc2ccccc2C)cc2sc(NC(=O)c3ccccc3)nc12. The smallest absolute Gasteiger partial charge is 0.323 e. The second kappa shape index (κ2) is 8.85. The number of aryl methyl sites for hydroxylation is 1. The van der Waals surface area contributed by atoms with Crippen LogP contribution >= 0.6 is 11.3 Å². The number of carbonyl (C=O) groups is 2. The molecule has 0 saturated heterocycles. The fraction of sp³-hybridized carbons (Fsp3) is 0.0870. The minimum atomic E-state index is -0.363. The molecule has 3 aromatic carbocycles. The van der Waals surface area contributed by atoms with Crippen LogP contribution in [0, 0.1) is 6.92 Å². The number of hydrogen-bond donors (Lipinski definition) is 3. The van der Waals surface area contributed by atoms with Gasteiger partial charge in [-0.15, -0.1) is 0 Å². The number of amides is 3. The van der Waals surface area contributed by atoms with Gasteiger partial charge in [-0.1, -0.05) is 47.7 Å². The summed E-state index contributed by atoms with van der Waals surface area (Å²) in [7, 11) is 1.54. The fourth-order valence-electron chi connectivity index (χ4n) is 3.04. The molecular formula is C23H20N4O3S. The van der Waals surface area contributed by atoms with Gasteiger partial charge in [0.25, 0.3) is 5.91 Å². The lowest BCUT2D eigenvalue weighted by Gasteiger charge is -2.11. The number of para-hydroxylation sites is 1. The summed E-state index contributed by atoms with van der Waals surface area (Å²) in [6.07, 6.45) is 0. The van der Waals surface area contributed by atoms with Gasteiger partial charge in [0.05, 0.1) is 11.8 Å². The van der Waals surface area contributed by atoms with Crippen LogP contribution in [0.4, 0.5) is 21.3 Å². The van der Waals surface area contributed by atoms with E-state index < -0.39 is 0 Å². The topological polar surface area (TPSA) is 92.4 Å². The van der Waals surface area contributed by atoms with Crippen LogP contribution in [0.15, 0.2) is 66.7 Å². The van der Waals surface area contributed by atoms with Gasteiger partial charge in [-0.05, 0) is 36.8 Å². The molecule has 8 heteroatoms. The molecule has 0 fully saturated rings. The predicted molar refractivity (Wildman–Crippen MR) is 124 cm³/mol. The summed E-state index contributed by atoms with van der Waals surface area (Å²) in [5.41, 5.74) is 3.41. The van der Waals surface area contributed by atoms with Crippen LogP contribution in [-0.2, 0) is 0 Å². The van der Waals surface area contributed by atoms with Crippen LogP contribution in [0.5, 0.6) is 5.75 Å². The summed E-state index contributed by atoms with van der Waals surface area (Å²) in [5, 5.41) is 8.91. The third-order valence-corrected chi connectivity index (χ3v) is 5.51. The molecule has 3 N–H and O–H groups in total. The predicted octanol–water partition coefficient (Wildman–Crippen LogP) is 5.51. The lowest BCUT2D eigenvalue weighted by molar-refractivity contribution is 0.102. The van der Waals surface area contributed by atoms with Crippen LogP contribution in [-0.4, -0.2) is 24.0 Å². The standard InChI is InChI=1S/C23H20N4O3S/c1-14-8-6-7-11-17(14)25-22(29)24-16-12-18(30-2)20-19(13-16)31-23(26-20)27-21(28)15-9-4-3-5-10-15/h3-13H,1-2H3,(H2,24,25,29)(H,26,27,28). The van der Waals surface area contributed by atoms with Crippen LogP contribution in [0.3, 0.4) is 0 Å². The molecule has 0 unspecified atom stereocenters. The molecule has 156 valence electrons. The highest BCUT2D eigenvalue weighted by atomic mass is 32.1. The monoisotopic (exact) mass is 432 g/mol. The number of thiazole rings is 1. The maximum atomic E-state index is 12.4. The van der Waals surface area contributed by atoms with Crippen molar-refractivity contribution in [3.63, 3.8) is 0 Å². The number of ether oxygens (including phenoxy) is 1. The normalized spacial score (nSPS) is 10.5. The second-order valence-electron chi connectivity index (χ2n) is 6.76. The van der Waals surface area contributed by atoms with Gasteiger partial charge in [0.2, 0.25) is 0 Å². The van der Waals surface area contributed by atoms with Gasteiger partial charge < -0.3 is 15.4 Å². The van der Waals surface area contributed by atoms with E-state index in [-0.39, 0.29) is 11.9 Å². The first-order valence-electron chi connectivity index (χ1n) is 9.52. The van der Waals surface area contributed by atoms with Gasteiger partial charge in [-0.25, -0.2) is 9.78 Å². The molecule has 3 amide bonds. The fourth-order valence-corrected chi connectivity index (χ4v) is 3.95. The molecule has 7 nitrogen and oxygen atoms in total. The number of benzene rings is 3. The first kappa shape index (κ1) is 20.4. The summed E-state index contributed by atoms with van der Waals surface area (Å²) >= 11 is 1.30. The molecule has 0 spiro atoms. The van der Waals surface area contributed by atoms with Crippen molar-refractivity contribution in [1.29, 1.82) is 0 Å². The Morgan fingerprint density at radius 3 is 2.42 bits per heavy atom. The van der Waals surface area contributed by atoms with Crippen molar-refractivity contribution in [3.8, 4) is 5.75 Å². The molecule has 0 aliphatic rings. The Bertz CT molecular complexity index is 1250. The van der Waals surface area contributed by atoms with E-state index in [1.165, 1.54) is 18.4 Å². The van der Waals surface area contributed by atoms with Gasteiger partial charge in [0.15, 0.2) is 5.13 Å². The Morgan fingerprint density at radius 1 is 0.935 bits per heavy atom. The molecule has 0 saturated carbocycles. The molecule has 31 heavy (non-hydrogen) atoms. The number of fused-ring (bicyclic) bond motifs is 1. The van der Waals surface area contributed by atoms with Crippen molar-refractivity contribution in [2.75, 3.05) is 23.1 Å². The highest BCUT2D eigenvalue weighted by molar-refractivity contribution is 7.22. The zero-order chi connectivity index (χ0) is 21.8. The van der Waals surface area contributed by atoms with E-state index in [2.05, 4.69) is 20.9 Å². The highest BCUT2D eigenvalue weighted by Crippen LogP contribution is 2.35. The number of rotatable bonds is 5. The zero-order valence-electron chi connectivity index (χ0n) is 16.9. The lowest BCUT2D eigenvalue weighted by Crippen LogP contribution is -2.19. The Kier molecular flexibility index (Phi) is 5.81. The Labute approximate surface area is 183 Å². The molecule has 0 atom stereocenters. The average molecular weight is 433 g/mol. The number of carbonyl (C=O) groups excluding carboxylic acids is 2. The maximum absolute atomic E-state index is 12.4. The van der Waals surface area contributed by atoms with Crippen LogP contribution in [0.1, 0.15) is 15.9 Å². The van der Waals surface area contributed by atoms with Crippen LogP contribution in [0.25, 0.3) is 10.2 Å². The average Bonchev–Trinajstić information content (AvgIpc) is 3.17. The summed E-state index contributed by atoms with van der Waals surface area (Å²) in [6, 6.07) is 19.6. The van der Waals surface area contributed by atoms with E-state index in [9.17, 15) is 9.59 Å². The summed E-state index contributed by atoms with van der Waals surface area (Å²) in [4.78, 5) is 29.3. The molecular weight excluding hydrogens is 412 g/mol. The molecule has 4 rings (SSSR count). The third kappa shape index (κ3) is 4.65. The van der Waals surface area contributed by atoms with Crippen molar-refractivity contribution in [3.05, 3.63) is 77.9 Å². The quantitative estimate of drug-likeness (QED) is 0.388. The molecule has 1 aromatic heterocycles. The summed E-state index contributed by atoms with van der Waals surface area (Å²) < 4.78 is 6.22. The molecule has 4 aromatic rings. The van der Waals surface area contributed by atoms with Crippen molar-refractivity contribution >= 4 is 50.0 Å². The maximum Gasteiger partial charge on any atom is 0.323 e. The van der Waals surface area contributed by atoms with E-state index in [0.29, 0.717) is 27.6 Å². The summed E-state index contributed by atoms with van der Waals surface area (Å²) in [6.45, 7) is 1.92. The number of hydrogen-bond acceptors (Lipinski definition) is 5. The minimum Gasteiger partial charge on any atom is -0.494 e. The van der Waals surface area contributed by atoms with E-state index in [1.807, 2.05) is 37.3 Å². The van der Waals surface area contributed by atoms with E-state index >= 15 is 0 Å². The molecule has 0 aliphatic carbocycles. The number of methoxy groups -OCH3 is 1. The number of nitrogens with zero attached hydrogens (tertiary/aromatic N) is 1. The largest absolute Gasteiger partial charge is 0.494 e. The van der Waals surface area contributed by atoms with Gasteiger partial charge in [0, 0.05) is 23.0 Å². The first-order chi connectivity index (χ1) is 15.0.